The van der Waals surface area contributed by atoms with Crippen LogP contribution in [-0.2, 0) is 26.2 Å². The number of nitrogens with zero attached hydrogens (tertiary/aromatic N) is 2. The molecule has 0 fully saturated rings. The summed E-state index contributed by atoms with van der Waals surface area (Å²) < 4.78 is 37.0. The molecule has 192 valence electrons. The largest absolute Gasteiger partial charge is 0.497 e. The van der Waals surface area contributed by atoms with Crippen LogP contribution in [0, 0.1) is 0 Å². The van der Waals surface area contributed by atoms with Crippen LogP contribution in [0.4, 0.5) is 5.69 Å². The van der Waals surface area contributed by atoms with Gasteiger partial charge in [0.15, 0.2) is 0 Å². The van der Waals surface area contributed by atoms with Gasteiger partial charge in [-0.15, -0.1) is 0 Å². The molecule has 2 aromatic carbocycles. The van der Waals surface area contributed by atoms with E-state index in [1.54, 1.807) is 38.1 Å². The zero-order chi connectivity index (χ0) is 26.3. The molecule has 0 saturated heterocycles. The van der Waals surface area contributed by atoms with Crippen molar-refractivity contribution in [1.82, 2.24) is 10.2 Å². The van der Waals surface area contributed by atoms with Crippen LogP contribution in [0.2, 0.25) is 10.0 Å². The van der Waals surface area contributed by atoms with Gasteiger partial charge in [-0.1, -0.05) is 29.3 Å². The molecular weight excluding hydrogens is 517 g/mol. The minimum absolute atomic E-state index is 0.0417. The highest BCUT2D eigenvalue weighted by Crippen LogP contribution is 2.34. The Balaban J connectivity index is 2.51. The number of amides is 2. The number of anilines is 1. The highest BCUT2D eigenvalue weighted by molar-refractivity contribution is 7.92. The smallest absolute Gasteiger partial charge is 0.244 e. The highest BCUT2D eigenvalue weighted by Gasteiger charge is 2.31. The summed E-state index contributed by atoms with van der Waals surface area (Å²) in [4.78, 5) is 27.5. The van der Waals surface area contributed by atoms with E-state index in [4.69, 9.17) is 32.7 Å². The number of halogens is 2. The zero-order valence-electron chi connectivity index (χ0n) is 20.2. The number of nitrogens with one attached hydrogen (secondary N) is 1. The van der Waals surface area contributed by atoms with Gasteiger partial charge in [-0.05, 0) is 43.7 Å². The SMILES string of the molecule is CCNC(=O)[C@H](C)N(Cc1ccc(Cl)cc1Cl)C(=O)CN(c1cc(OC)ccc1OC)S(C)(=O)=O. The molecule has 2 amide bonds. The molecule has 0 heterocycles. The van der Waals surface area contributed by atoms with Gasteiger partial charge in [0.1, 0.15) is 24.1 Å². The van der Waals surface area contributed by atoms with E-state index < -0.39 is 34.4 Å². The lowest BCUT2D eigenvalue weighted by Gasteiger charge is -2.32. The molecule has 0 saturated carbocycles. The Hall–Kier alpha value is -2.69. The number of benzene rings is 2. The Kier molecular flexibility index (Phi) is 10.1. The molecule has 2 rings (SSSR count). The summed E-state index contributed by atoms with van der Waals surface area (Å²) in [6, 6.07) is 8.49. The summed E-state index contributed by atoms with van der Waals surface area (Å²) in [6.45, 7) is 3.05. The Labute approximate surface area is 215 Å². The van der Waals surface area contributed by atoms with E-state index in [0.29, 0.717) is 27.9 Å². The number of sulfonamides is 1. The highest BCUT2D eigenvalue weighted by atomic mass is 35.5. The van der Waals surface area contributed by atoms with Crippen LogP contribution in [0.25, 0.3) is 0 Å². The van der Waals surface area contributed by atoms with E-state index in [1.165, 1.54) is 31.3 Å². The van der Waals surface area contributed by atoms with Crippen molar-refractivity contribution in [3.63, 3.8) is 0 Å². The summed E-state index contributed by atoms with van der Waals surface area (Å²) in [5.41, 5.74) is 0.670. The fraction of sp³-hybridized carbons (Fsp3) is 0.391. The first-order valence-corrected chi connectivity index (χ1v) is 13.2. The second kappa shape index (κ2) is 12.3. The molecule has 0 bridgehead atoms. The number of carbonyl (C=O) groups excluding carboxylic acids is 2. The third-order valence-corrected chi connectivity index (χ3v) is 6.92. The molecule has 1 N–H and O–H groups in total. The van der Waals surface area contributed by atoms with Gasteiger partial charge in [0.2, 0.25) is 21.8 Å². The second-order valence-corrected chi connectivity index (χ2v) is 10.4. The Morgan fingerprint density at radius 2 is 1.77 bits per heavy atom. The van der Waals surface area contributed by atoms with Crippen molar-refractivity contribution in [2.24, 2.45) is 0 Å². The molecule has 35 heavy (non-hydrogen) atoms. The lowest BCUT2D eigenvalue weighted by molar-refractivity contribution is -0.139. The predicted octanol–water partition coefficient (Wildman–Crippen LogP) is 3.33. The van der Waals surface area contributed by atoms with Gasteiger partial charge < -0.3 is 19.7 Å². The van der Waals surface area contributed by atoms with Crippen molar-refractivity contribution < 1.29 is 27.5 Å². The molecule has 0 spiro atoms. The molecule has 1 atom stereocenters. The van der Waals surface area contributed by atoms with Crippen LogP contribution in [-0.4, -0.2) is 64.7 Å². The predicted molar refractivity (Wildman–Crippen MR) is 137 cm³/mol. The summed E-state index contributed by atoms with van der Waals surface area (Å²) in [6.07, 6.45) is 0.979. The Bertz CT molecular complexity index is 1180. The number of hydrogen-bond acceptors (Lipinski definition) is 6. The van der Waals surface area contributed by atoms with Gasteiger partial charge in [0, 0.05) is 29.2 Å². The maximum absolute atomic E-state index is 13.6. The molecule has 0 aliphatic carbocycles. The van der Waals surface area contributed by atoms with Crippen molar-refractivity contribution in [3.05, 3.63) is 52.0 Å². The first kappa shape index (κ1) is 28.5. The van der Waals surface area contributed by atoms with E-state index >= 15 is 0 Å². The fourth-order valence-corrected chi connectivity index (χ4v) is 4.64. The molecule has 12 heteroatoms. The number of ether oxygens (including phenoxy) is 2. The minimum atomic E-state index is -3.94. The van der Waals surface area contributed by atoms with Crippen LogP contribution in [0.15, 0.2) is 36.4 Å². The van der Waals surface area contributed by atoms with Gasteiger partial charge >= 0.3 is 0 Å². The summed E-state index contributed by atoms with van der Waals surface area (Å²) in [7, 11) is -1.11. The monoisotopic (exact) mass is 545 g/mol. The lowest BCUT2D eigenvalue weighted by Crippen LogP contribution is -2.51. The van der Waals surface area contributed by atoms with Gasteiger partial charge in [-0.2, -0.15) is 0 Å². The van der Waals surface area contributed by atoms with Crippen molar-refractivity contribution in [1.29, 1.82) is 0 Å². The quantitative estimate of drug-likeness (QED) is 0.464. The molecule has 2 aromatic rings. The zero-order valence-corrected chi connectivity index (χ0v) is 22.5. The maximum atomic E-state index is 13.6. The lowest BCUT2D eigenvalue weighted by atomic mass is 10.1. The Morgan fingerprint density at radius 3 is 2.31 bits per heavy atom. The summed E-state index contributed by atoms with van der Waals surface area (Å²) in [5, 5.41) is 3.41. The second-order valence-electron chi connectivity index (χ2n) is 7.64. The van der Waals surface area contributed by atoms with E-state index in [2.05, 4.69) is 5.32 Å². The van der Waals surface area contributed by atoms with Crippen molar-refractivity contribution in [2.45, 2.75) is 26.4 Å². The minimum Gasteiger partial charge on any atom is -0.497 e. The molecular formula is C23H29Cl2N3O6S. The Morgan fingerprint density at radius 1 is 1.09 bits per heavy atom. The first-order valence-electron chi connectivity index (χ1n) is 10.6. The summed E-state index contributed by atoms with van der Waals surface area (Å²) >= 11 is 12.3. The standard InChI is InChI=1S/C23H29Cl2N3O6S/c1-6-26-23(30)15(2)27(13-16-7-8-17(24)11-19(16)25)22(29)14-28(35(5,31)32)20-12-18(33-3)9-10-21(20)34-4/h7-12,15H,6,13-14H2,1-5H3,(H,26,30)/t15-/m0/s1. The molecule has 0 aliphatic heterocycles. The van der Waals surface area contributed by atoms with Crippen LogP contribution in [0.5, 0.6) is 11.5 Å². The number of likely N-dealkylation sites (N-methyl/N-ethyl adjacent to an activating group) is 1. The van der Waals surface area contributed by atoms with Crippen LogP contribution in [0.3, 0.4) is 0 Å². The van der Waals surface area contributed by atoms with Crippen molar-refractivity contribution in [2.75, 3.05) is 37.9 Å². The maximum Gasteiger partial charge on any atom is 0.244 e. The normalized spacial score (nSPS) is 12.0. The van der Waals surface area contributed by atoms with E-state index in [9.17, 15) is 18.0 Å². The third kappa shape index (κ3) is 7.39. The number of hydrogen-bond donors (Lipinski definition) is 1. The van der Waals surface area contributed by atoms with Gasteiger partial charge in [0.05, 0.1) is 26.2 Å². The van der Waals surface area contributed by atoms with Gasteiger partial charge in [-0.3, -0.25) is 13.9 Å². The molecule has 0 unspecified atom stereocenters. The first-order chi connectivity index (χ1) is 16.4. The van der Waals surface area contributed by atoms with E-state index in [1.807, 2.05) is 0 Å². The van der Waals surface area contributed by atoms with Crippen LogP contribution >= 0.6 is 23.2 Å². The average molecular weight is 546 g/mol. The van der Waals surface area contributed by atoms with Crippen LogP contribution in [0.1, 0.15) is 19.4 Å². The van der Waals surface area contributed by atoms with Gasteiger partial charge in [0.25, 0.3) is 0 Å². The number of rotatable bonds is 11. The van der Waals surface area contributed by atoms with E-state index in [-0.39, 0.29) is 18.0 Å². The van der Waals surface area contributed by atoms with E-state index in [0.717, 1.165) is 10.6 Å². The number of methoxy groups -OCH3 is 2. The topological polar surface area (TPSA) is 105 Å². The summed E-state index contributed by atoms with van der Waals surface area (Å²) in [5.74, 6) is -0.406. The fourth-order valence-electron chi connectivity index (χ4n) is 3.32. The molecule has 0 aliphatic rings. The van der Waals surface area contributed by atoms with Gasteiger partial charge in [-0.25, -0.2) is 8.42 Å². The molecule has 9 nitrogen and oxygen atoms in total. The average Bonchev–Trinajstić information content (AvgIpc) is 2.80. The van der Waals surface area contributed by atoms with Crippen LogP contribution < -0.4 is 19.1 Å². The molecule has 0 radical (unpaired) electrons. The van der Waals surface area contributed by atoms with Crippen molar-refractivity contribution >= 4 is 50.7 Å². The third-order valence-electron chi connectivity index (χ3n) is 5.21. The van der Waals surface area contributed by atoms with Crippen molar-refractivity contribution in [3.8, 4) is 11.5 Å². The number of carbonyl (C=O) groups is 2. The molecule has 0 aromatic heterocycles.